The van der Waals surface area contributed by atoms with Crippen molar-refractivity contribution in [3.63, 3.8) is 0 Å². The number of nitrogens with zero attached hydrogens (tertiary/aromatic N) is 1. The monoisotopic (exact) mass is 263 g/mol. The molecule has 0 aliphatic heterocycles. The van der Waals surface area contributed by atoms with Crippen LogP contribution in [0.3, 0.4) is 0 Å². The Balaban J connectivity index is 2.38. The van der Waals surface area contributed by atoms with E-state index in [4.69, 9.17) is 10.6 Å². The minimum atomic E-state index is -0.0393. The Hall–Kier alpha value is -1.43. The number of methoxy groups -OCH3 is 1. The maximum atomic E-state index is 5.70. The standard InChI is InChI=1S/C13H17N3OS/c1-3-9-4-5-18-13(9)12(16-14)10-6-11(17-2)8-15-7-10/h4-8,12,16H,3,14H2,1-2H3. The number of thiophene rings is 1. The molecule has 0 fully saturated rings. The van der Waals surface area contributed by atoms with Gasteiger partial charge in [0.25, 0.3) is 0 Å². The molecule has 0 bridgehead atoms. The van der Waals surface area contributed by atoms with Gasteiger partial charge < -0.3 is 4.74 Å². The first-order valence-electron chi connectivity index (χ1n) is 5.81. The summed E-state index contributed by atoms with van der Waals surface area (Å²) in [5, 5.41) is 2.09. The first-order valence-corrected chi connectivity index (χ1v) is 6.69. The fourth-order valence-corrected chi connectivity index (χ4v) is 3.00. The molecular formula is C13H17N3OS. The van der Waals surface area contributed by atoms with Gasteiger partial charge in [0.15, 0.2) is 0 Å². The quantitative estimate of drug-likeness (QED) is 0.642. The molecule has 3 N–H and O–H groups in total. The van der Waals surface area contributed by atoms with Gasteiger partial charge >= 0.3 is 0 Å². The molecule has 2 aromatic heterocycles. The highest BCUT2D eigenvalue weighted by molar-refractivity contribution is 7.10. The largest absolute Gasteiger partial charge is 0.495 e. The van der Waals surface area contributed by atoms with Crippen molar-refractivity contribution in [3.8, 4) is 5.75 Å². The lowest BCUT2D eigenvalue weighted by Crippen LogP contribution is -2.28. The molecule has 18 heavy (non-hydrogen) atoms. The normalized spacial score (nSPS) is 12.4. The summed E-state index contributed by atoms with van der Waals surface area (Å²) in [7, 11) is 1.63. The van der Waals surface area contributed by atoms with Crippen LogP contribution in [-0.2, 0) is 6.42 Å². The number of hydrogen-bond acceptors (Lipinski definition) is 5. The van der Waals surface area contributed by atoms with E-state index in [0.717, 1.165) is 17.7 Å². The molecule has 0 spiro atoms. The maximum absolute atomic E-state index is 5.70. The van der Waals surface area contributed by atoms with Crippen LogP contribution in [0.2, 0.25) is 0 Å². The van der Waals surface area contributed by atoms with Crippen molar-refractivity contribution in [1.29, 1.82) is 0 Å². The highest BCUT2D eigenvalue weighted by Crippen LogP contribution is 2.30. The third kappa shape index (κ3) is 2.53. The summed E-state index contributed by atoms with van der Waals surface area (Å²) in [6.45, 7) is 2.14. The summed E-state index contributed by atoms with van der Waals surface area (Å²) in [4.78, 5) is 5.41. The fraction of sp³-hybridized carbons (Fsp3) is 0.308. The Kier molecular flexibility index (Phi) is 4.30. The predicted octanol–water partition coefficient (Wildman–Crippen LogP) is 2.27. The zero-order chi connectivity index (χ0) is 13.0. The summed E-state index contributed by atoms with van der Waals surface area (Å²) < 4.78 is 5.20. The highest BCUT2D eigenvalue weighted by Gasteiger charge is 2.17. The zero-order valence-corrected chi connectivity index (χ0v) is 11.3. The SMILES string of the molecule is CCc1ccsc1C(NN)c1cncc(OC)c1. The molecule has 0 aromatic carbocycles. The molecule has 0 aliphatic carbocycles. The number of ether oxygens (including phenoxy) is 1. The number of aromatic nitrogens is 1. The van der Waals surface area contributed by atoms with Crippen LogP contribution in [0, 0.1) is 0 Å². The molecule has 2 heterocycles. The van der Waals surface area contributed by atoms with Gasteiger partial charge in [-0.05, 0) is 35.1 Å². The first-order chi connectivity index (χ1) is 8.80. The van der Waals surface area contributed by atoms with Gasteiger partial charge in [-0.15, -0.1) is 11.3 Å². The van der Waals surface area contributed by atoms with E-state index in [9.17, 15) is 0 Å². The van der Waals surface area contributed by atoms with E-state index < -0.39 is 0 Å². The van der Waals surface area contributed by atoms with Crippen molar-refractivity contribution in [3.05, 3.63) is 45.9 Å². The van der Waals surface area contributed by atoms with Gasteiger partial charge in [0.1, 0.15) is 5.75 Å². The molecule has 2 aromatic rings. The number of pyridine rings is 1. The van der Waals surface area contributed by atoms with Gasteiger partial charge in [-0.2, -0.15) is 0 Å². The lowest BCUT2D eigenvalue weighted by Gasteiger charge is -2.17. The fourth-order valence-electron chi connectivity index (χ4n) is 1.92. The number of nitrogens with two attached hydrogens (primary N) is 1. The highest BCUT2D eigenvalue weighted by atomic mass is 32.1. The lowest BCUT2D eigenvalue weighted by atomic mass is 10.0. The van der Waals surface area contributed by atoms with E-state index in [1.165, 1.54) is 10.4 Å². The molecule has 1 unspecified atom stereocenters. The summed E-state index contributed by atoms with van der Waals surface area (Å²) >= 11 is 1.70. The van der Waals surface area contributed by atoms with Gasteiger partial charge in [0.05, 0.1) is 19.3 Å². The Labute approximate surface area is 111 Å². The first kappa shape index (κ1) is 13.0. The smallest absolute Gasteiger partial charge is 0.137 e. The van der Waals surface area contributed by atoms with E-state index >= 15 is 0 Å². The minimum Gasteiger partial charge on any atom is -0.495 e. The molecule has 0 radical (unpaired) electrons. The van der Waals surface area contributed by atoms with Crippen LogP contribution >= 0.6 is 11.3 Å². The topological polar surface area (TPSA) is 60.2 Å². The molecule has 96 valence electrons. The molecule has 5 heteroatoms. The average molecular weight is 263 g/mol. The van der Waals surface area contributed by atoms with Crippen LogP contribution in [0.1, 0.15) is 29.0 Å². The zero-order valence-electron chi connectivity index (χ0n) is 10.5. The van der Waals surface area contributed by atoms with Gasteiger partial charge in [0.2, 0.25) is 0 Å². The second-order valence-corrected chi connectivity index (χ2v) is 4.87. The predicted molar refractivity (Wildman–Crippen MR) is 73.7 cm³/mol. The number of aryl methyl sites for hydroxylation is 1. The lowest BCUT2D eigenvalue weighted by molar-refractivity contribution is 0.411. The number of nitrogens with one attached hydrogen (secondary N) is 1. The van der Waals surface area contributed by atoms with Crippen LogP contribution in [0.15, 0.2) is 29.9 Å². The van der Waals surface area contributed by atoms with Crippen LogP contribution in [0.25, 0.3) is 0 Å². The van der Waals surface area contributed by atoms with Crippen LogP contribution < -0.4 is 16.0 Å². The maximum Gasteiger partial charge on any atom is 0.137 e. The van der Waals surface area contributed by atoms with E-state index in [1.54, 1.807) is 24.6 Å². The Bertz CT molecular complexity index is 512. The summed E-state index contributed by atoms with van der Waals surface area (Å²) in [6, 6.07) is 4.05. The molecule has 0 saturated heterocycles. The van der Waals surface area contributed by atoms with E-state index in [2.05, 4.69) is 28.8 Å². The minimum absolute atomic E-state index is 0.0393. The van der Waals surface area contributed by atoms with Gasteiger partial charge in [-0.3, -0.25) is 10.8 Å². The number of rotatable bonds is 5. The summed E-state index contributed by atoms with van der Waals surface area (Å²) in [6.07, 6.45) is 4.49. The Morgan fingerprint density at radius 1 is 1.50 bits per heavy atom. The van der Waals surface area contributed by atoms with Crippen molar-refractivity contribution < 1.29 is 4.74 Å². The second-order valence-electron chi connectivity index (χ2n) is 3.92. The molecule has 2 rings (SSSR count). The Morgan fingerprint density at radius 2 is 2.33 bits per heavy atom. The summed E-state index contributed by atoms with van der Waals surface area (Å²) in [5.74, 6) is 6.44. The van der Waals surface area contributed by atoms with Crippen molar-refractivity contribution in [2.45, 2.75) is 19.4 Å². The molecule has 4 nitrogen and oxygen atoms in total. The van der Waals surface area contributed by atoms with Crippen LogP contribution in [-0.4, -0.2) is 12.1 Å². The van der Waals surface area contributed by atoms with Gasteiger partial charge in [-0.1, -0.05) is 6.92 Å². The third-order valence-electron chi connectivity index (χ3n) is 2.89. The van der Waals surface area contributed by atoms with Gasteiger partial charge in [0, 0.05) is 11.1 Å². The molecule has 0 aliphatic rings. The second kappa shape index (κ2) is 5.95. The Morgan fingerprint density at radius 3 is 3.00 bits per heavy atom. The molecule has 1 atom stereocenters. The van der Waals surface area contributed by atoms with E-state index in [1.807, 2.05) is 12.3 Å². The molecule has 0 amide bonds. The van der Waals surface area contributed by atoms with Crippen LogP contribution in [0.5, 0.6) is 5.75 Å². The number of hydrogen-bond donors (Lipinski definition) is 2. The van der Waals surface area contributed by atoms with Crippen molar-refractivity contribution >= 4 is 11.3 Å². The molecular weight excluding hydrogens is 246 g/mol. The van der Waals surface area contributed by atoms with Gasteiger partial charge in [-0.25, -0.2) is 5.43 Å². The van der Waals surface area contributed by atoms with Crippen molar-refractivity contribution in [2.24, 2.45) is 5.84 Å². The average Bonchev–Trinajstić information content (AvgIpc) is 2.88. The van der Waals surface area contributed by atoms with E-state index in [0.29, 0.717) is 0 Å². The van der Waals surface area contributed by atoms with Crippen molar-refractivity contribution in [1.82, 2.24) is 10.4 Å². The van der Waals surface area contributed by atoms with Crippen LogP contribution in [0.4, 0.5) is 0 Å². The molecule has 0 saturated carbocycles. The number of hydrazine groups is 1. The van der Waals surface area contributed by atoms with Crippen molar-refractivity contribution in [2.75, 3.05) is 7.11 Å². The van der Waals surface area contributed by atoms with E-state index in [-0.39, 0.29) is 6.04 Å². The third-order valence-corrected chi connectivity index (χ3v) is 3.92. The summed E-state index contributed by atoms with van der Waals surface area (Å²) in [5.41, 5.74) is 5.18.